The molecular weight excluding hydrogens is 248 g/mol. The molecule has 4 nitrogen and oxygen atoms in total. The van der Waals surface area contributed by atoms with E-state index >= 15 is 0 Å². The van der Waals surface area contributed by atoms with Crippen molar-refractivity contribution in [3.63, 3.8) is 0 Å². The second-order valence-corrected chi connectivity index (χ2v) is 8.21. The Bertz CT molecular complexity index is 440. The summed E-state index contributed by atoms with van der Waals surface area (Å²) in [5.74, 6) is 0.530. The summed E-state index contributed by atoms with van der Waals surface area (Å²) in [6.07, 6.45) is 6.05. The smallest absolute Gasteiger partial charge is 0.152 e. The van der Waals surface area contributed by atoms with E-state index in [1.807, 2.05) is 6.92 Å². The molecule has 1 aliphatic carbocycles. The minimum Gasteiger partial charge on any atom is -0.306 e. The highest BCUT2D eigenvalue weighted by Gasteiger charge is 2.40. The van der Waals surface area contributed by atoms with Crippen LogP contribution >= 0.6 is 0 Å². The summed E-state index contributed by atoms with van der Waals surface area (Å²) in [4.78, 5) is 0. The maximum atomic E-state index is 11.6. The third kappa shape index (κ3) is 3.24. The van der Waals surface area contributed by atoms with Crippen molar-refractivity contribution < 1.29 is 8.42 Å². The zero-order valence-electron chi connectivity index (χ0n) is 11.0. The number of hydrogen-bond acceptors (Lipinski definition) is 4. The number of nitrogens with one attached hydrogen (secondary N) is 1. The molecule has 2 aliphatic rings. The molecule has 0 radical (unpaired) electrons. The highest BCUT2D eigenvalue weighted by Crippen LogP contribution is 2.29. The minimum atomic E-state index is -2.88. The van der Waals surface area contributed by atoms with E-state index in [9.17, 15) is 13.7 Å². The minimum absolute atomic E-state index is 0.0348. The first-order chi connectivity index (χ1) is 8.44. The van der Waals surface area contributed by atoms with E-state index in [1.54, 1.807) is 0 Å². The van der Waals surface area contributed by atoms with E-state index in [0.29, 0.717) is 6.42 Å². The molecular formula is C13H22N2O2S. The lowest BCUT2D eigenvalue weighted by molar-refractivity contribution is 0.288. The molecule has 0 amide bonds. The Morgan fingerprint density at radius 1 is 1.28 bits per heavy atom. The summed E-state index contributed by atoms with van der Waals surface area (Å²) in [6, 6.07) is 2.56. The summed E-state index contributed by atoms with van der Waals surface area (Å²) in [7, 11) is -2.88. The largest absolute Gasteiger partial charge is 0.306 e. The molecule has 0 spiro atoms. The van der Waals surface area contributed by atoms with Crippen LogP contribution in [0.1, 0.15) is 45.4 Å². The Balaban J connectivity index is 2.05. The molecule has 102 valence electrons. The van der Waals surface area contributed by atoms with Gasteiger partial charge in [-0.05, 0) is 26.2 Å². The van der Waals surface area contributed by atoms with Gasteiger partial charge in [0.1, 0.15) is 0 Å². The standard InChI is InChI=1S/C13H22N2O2S/c1-13(7-8-18(16,17)10-13)15-12-6-4-2-3-5-11(12)9-14/h11-12,15H,2-8,10H2,1H3. The van der Waals surface area contributed by atoms with Gasteiger partial charge >= 0.3 is 0 Å². The molecule has 1 saturated carbocycles. The summed E-state index contributed by atoms with van der Waals surface area (Å²) in [5.41, 5.74) is -0.330. The van der Waals surface area contributed by atoms with Crippen LogP contribution in [0.15, 0.2) is 0 Å². The van der Waals surface area contributed by atoms with Crippen LogP contribution in [0, 0.1) is 17.2 Å². The number of hydrogen-bond donors (Lipinski definition) is 1. The molecule has 2 fully saturated rings. The van der Waals surface area contributed by atoms with E-state index < -0.39 is 9.84 Å². The lowest BCUT2D eigenvalue weighted by Crippen LogP contribution is -2.51. The van der Waals surface area contributed by atoms with E-state index in [-0.39, 0.29) is 29.0 Å². The van der Waals surface area contributed by atoms with Gasteiger partial charge < -0.3 is 5.32 Å². The van der Waals surface area contributed by atoms with Crippen LogP contribution in [0.25, 0.3) is 0 Å². The first-order valence-electron chi connectivity index (χ1n) is 6.82. The fourth-order valence-corrected chi connectivity index (χ4v) is 5.31. The van der Waals surface area contributed by atoms with Gasteiger partial charge in [0.2, 0.25) is 0 Å². The molecule has 0 aromatic carbocycles. The van der Waals surface area contributed by atoms with Crippen molar-refractivity contribution in [2.24, 2.45) is 5.92 Å². The number of nitriles is 1. The summed E-state index contributed by atoms with van der Waals surface area (Å²) in [5, 5.41) is 12.7. The SMILES string of the molecule is CC1(NC2CCCCCC2C#N)CCS(=O)(=O)C1. The monoisotopic (exact) mass is 270 g/mol. The van der Waals surface area contributed by atoms with Crippen LogP contribution in [0.2, 0.25) is 0 Å². The van der Waals surface area contributed by atoms with Gasteiger partial charge in [-0.3, -0.25) is 0 Å². The van der Waals surface area contributed by atoms with Gasteiger partial charge in [-0.2, -0.15) is 5.26 Å². The highest BCUT2D eigenvalue weighted by atomic mass is 32.2. The van der Waals surface area contributed by atoms with E-state index in [1.165, 1.54) is 6.42 Å². The Kier molecular flexibility index (Phi) is 3.98. The van der Waals surface area contributed by atoms with E-state index in [0.717, 1.165) is 25.7 Å². The molecule has 3 atom stereocenters. The van der Waals surface area contributed by atoms with Crippen molar-refractivity contribution in [1.82, 2.24) is 5.32 Å². The van der Waals surface area contributed by atoms with E-state index in [2.05, 4.69) is 11.4 Å². The summed E-state index contributed by atoms with van der Waals surface area (Å²) < 4.78 is 23.2. The fraction of sp³-hybridized carbons (Fsp3) is 0.923. The van der Waals surface area contributed by atoms with Gasteiger partial charge in [-0.25, -0.2) is 8.42 Å². The molecule has 3 unspecified atom stereocenters. The van der Waals surface area contributed by atoms with Gasteiger partial charge in [0.05, 0.1) is 23.5 Å². The maximum Gasteiger partial charge on any atom is 0.152 e. The molecule has 5 heteroatoms. The summed E-state index contributed by atoms with van der Waals surface area (Å²) in [6.45, 7) is 1.98. The fourth-order valence-electron chi connectivity index (χ4n) is 3.21. The Hall–Kier alpha value is -0.600. The second-order valence-electron chi connectivity index (χ2n) is 6.03. The van der Waals surface area contributed by atoms with Crippen molar-refractivity contribution in [2.45, 2.75) is 57.0 Å². The molecule has 0 aromatic rings. The van der Waals surface area contributed by atoms with E-state index in [4.69, 9.17) is 0 Å². The summed E-state index contributed by atoms with van der Waals surface area (Å²) >= 11 is 0. The Morgan fingerprint density at radius 2 is 2.00 bits per heavy atom. The predicted octanol–water partition coefficient (Wildman–Crippen LogP) is 1.63. The Labute approximate surface area is 110 Å². The molecule has 1 heterocycles. The first-order valence-corrected chi connectivity index (χ1v) is 8.64. The maximum absolute atomic E-state index is 11.6. The zero-order valence-corrected chi connectivity index (χ0v) is 11.8. The lowest BCUT2D eigenvalue weighted by Gasteiger charge is -2.32. The molecule has 1 aliphatic heterocycles. The molecule has 2 rings (SSSR count). The van der Waals surface area contributed by atoms with Gasteiger partial charge in [0, 0.05) is 11.6 Å². The average Bonchev–Trinajstić information content (AvgIpc) is 2.48. The molecule has 18 heavy (non-hydrogen) atoms. The van der Waals surface area contributed by atoms with Crippen LogP contribution in [-0.2, 0) is 9.84 Å². The second kappa shape index (κ2) is 5.18. The Morgan fingerprint density at radius 3 is 2.61 bits per heavy atom. The predicted molar refractivity (Wildman–Crippen MR) is 70.8 cm³/mol. The van der Waals surface area contributed by atoms with Crippen molar-refractivity contribution in [3.8, 4) is 6.07 Å². The topological polar surface area (TPSA) is 70.0 Å². The van der Waals surface area contributed by atoms with Crippen LogP contribution in [-0.4, -0.2) is 31.5 Å². The molecule has 1 N–H and O–H groups in total. The van der Waals surface area contributed by atoms with Crippen molar-refractivity contribution in [3.05, 3.63) is 0 Å². The molecule has 1 saturated heterocycles. The zero-order chi connectivity index (χ0) is 13.2. The third-order valence-electron chi connectivity index (χ3n) is 4.22. The van der Waals surface area contributed by atoms with Gasteiger partial charge in [0.25, 0.3) is 0 Å². The number of rotatable bonds is 2. The third-order valence-corrected chi connectivity index (χ3v) is 6.12. The van der Waals surface area contributed by atoms with Crippen LogP contribution in [0.4, 0.5) is 0 Å². The van der Waals surface area contributed by atoms with Gasteiger partial charge in [-0.1, -0.05) is 19.3 Å². The molecule has 0 bridgehead atoms. The van der Waals surface area contributed by atoms with Gasteiger partial charge in [-0.15, -0.1) is 0 Å². The quantitative estimate of drug-likeness (QED) is 0.774. The van der Waals surface area contributed by atoms with Crippen LogP contribution in [0.3, 0.4) is 0 Å². The molecule has 0 aromatic heterocycles. The first kappa shape index (κ1) is 13.8. The number of sulfone groups is 1. The van der Waals surface area contributed by atoms with Gasteiger partial charge in [0.15, 0.2) is 9.84 Å². The highest BCUT2D eigenvalue weighted by molar-refractivity contribution is 7.91. The van der Waals surface area contributed by atoms with Crippen LogP contribution in [0.5, 0.6) is 0 Å². The normalized spacial score (nSPS) is 40.0. The lowest BCUT2D eigenvalue weighted by atomic mass is 9.92. The van der Waals surface area contributed by atoms with Crippen LogP contribution < -0.4 is 5.32 Å². The van der Waals surface area contributed by atoms with Crippen molar-refractivity contribution >= 4 is 9.84 Å². The number of nitrogens with zero attached hydrogens (tertiary/aromatic N) is 1. The average molecular weight is 270 g/mol. The van der Waals surface area contributed by atoms with Crippen molar-refractivity contribution in [2.75, 3.05) is 11.5 Å². The van der Waals surface area contributed by atoms with Crippen molar-refractivity contribution in [1.29, 1.82) is 5.26 Å².